The molecule has 1 rings (SSSR count). The van der Waals surface area contributed by atoms with Gasteiger partial charge in [0.1, 0.15) is 0 Å². The molecule has 0 aliphatic heterocycles. The number of ether oxygens (including phenoxy) is 1. The van der Waals surface area contributed by atoms with E-state index in [1.807, 2.05) is 19.1 Å². The van der Waals surface area contributed by atoms with Gasteiger partial charge in [-0.1, -0.05) is 0 Å². The summed E-state index contributed by atoms with van der Waals surface area (Å²) in [6, 6.07) is 8.17. The predicted octanol–water partition coefficient (Wildman–Crippen LogP) is 8.51. The van der Waals surface area contributed by atoms with Gasteiger partial charge in [-0.2, -0.15) is 0 Å². The molecule has 1 aromatic rings. The average Bonchev–Trinajstić information content (AvgIpc) is 2.72. The average molecular weight is 507 g/mol. The van der Waals surface area contributed by atoms with Gasteiger partial charge in [0.25, 0.3) is 0 Å². The van der Waals surface area contributed by atoms with Crippen LogP contribution in [-0.2, 0) is 4.74 Å². The SMILES string of the molecule is CCC[CH2][Sn]([CH2]CCC)([CH2]CCC)[CH2]C(=C(C)C)c1ccc(C(=O)OCC)cc1. The Morgan fingerprint density at radius 2 is 1.24 bits per heavy atom. The molecule has 0 unspecified atom stereocenters. The van der Waals surface area contributed by atoms with Crippen LogP contribution in [0.4, 0.5) is 0 Å². The summed E-state index contributed by atoms with van der Waals surface area (Å²) in [7, 11) is 0. The van der Waals surface area contributed by atoms with Crippen LogP contribution < -0.4 is 0 Å². The van der Waals surface area contributed by atoms with Gasteiger partial charge >= 0.3 is 185 Å². The van der Waals surface area contributed by atoms with Gasteiger partial charge in [0, 0.05) is 0 Å². The number of hydrogen-bond donors (Lipinski definition) is 0. The van der Waals surface area contributed by atoms with E-state index in [0.717, 1.165) is 0 Å². The van der Waals surface area contributed by atoms with Crippen molar-refractivity contribution in [1.29, 1.82) is 0 Å². The van der Waals surface area contributed by atoms with Crippen LogP contribution in [0.25, 0.3) is 5.57 Å². The first kappa shape index (κ1) is 26.3. The number of esters is 1. The van der Waals surface area contributed by atoms with Crippen molar-refractivity contribution in [3.8, 4) is 0 Å². The van der Waals surface area contributed by atoms with Crippen LogP contribution in [0.15, 0.2) is 29.8 Å². The number of unbranched alkanes of at least 4 members (excludes halogenated alkanes) is 3. The second-order valence-corrected chi connectivity index (χ2v) is 22.6. The molecule has 0 aromatic heterocycles. The van der Waals surface area contributed by atoms with Crippen molar-refractivity contribution in [2.45, 2.75) is 97.8 Å². The summed E-state index contributed by atoms with van der Waals surface area (Å²) >= 11 is -2.27. The maximum atomic E-state index is 12.0. The van der Waals surface area contributed by atoms with Crippen LogP contribution in [0.2, 0.25) is 17.7 Å². The van der Waals surface area contributed by atoms with Crippen molar-refractivity contribution < 1.29 is 9.53 Å². The van der Waals surface area contributed by atoms with Gasteiger partial charge in [0.2, 0.25) is 0 Å². The van der Waals surface area contributed by atoms with Crippen molar-refractivity contribution in [2.24, 2.45) is 0 Å². The molecule has 0 heterocycles. The predicted molar refractivity (Wildman–Crippen MR) is 130 cm³/mol. The second-order valence-electron chi connectivity index (χ2n) is 8.76. The molecule has 0 bridgehead atoms. The van der Waals surface area contributed by atoms with Crippen molar-refractivity contribution >= 4 is 29.9 Å². The molecule has 0 amide bonds. The van der Waals surface area contributed by atoms with Crippen molar-refractivity contribution in [3.05, 3.63) is 41.0 Å². The molecule has 0 atom stereocenters. The third kappa shape index (κ3) is 8.86. The van der Waals surface area contributed by atoms with Crippen LogP contribution >= 0.6 is 0 Å². The zero-order chi connectivity index (χ0) is 21.7. The zero-order valence-electron chi connectivity index (χ0n) is 19.9. The summed E-state index contributed by atoms with van der Waals surface area (Å²) in [4.78, 5) is 12.0. The van der Waals surface area contributed by atoms with Gasteiger partial charge in [-0.15, -0.1) is 0 Å². The quantitative estimate of drug-likeness (QED) is 0.186. The topological polar surface area (TPSA) is 26.3 Å². The minimum atomic E-state index is -2.27. The monoisotopic (exact) mass is 508 g/mol. The van der Waals surface area contributed by atoms with Gasteiger partial charge in [-0.05, 0) is 0 Å². The number of hydrogen-bond acceptors (Lipinski definition) is 2. The number of benzene rings is 1. The van der Waals surface area contributed by atoms with Crippen LogP contribution in [0, 0.1) is 0 Å². The van der Waals surface area contributed by atoms with Gasteiger partial charge < -0.3 is 0 Å². The van der Waals surface area contributed by atoms with E-state index in [-0.39, 0.29) is 5.97 Å². The van der Waals surface area contributed by atoms with Crippen molar-refractivity contribution in [3.63, 3.8) is 0 Å². The van der Waals surface area contributed by atoms with E-state index < -0.39 is 18.4 Å². The van der Waals surface area contributed by atoms with E-state index in [2.05, 4.69) is 46.8 Å². The van der Waals surface area contributed by atoms with E-state index in [1.165, 1.54) is 67.4 Å². The van der Waals surface area contributed by atoms with Gasteiger partial charge in [0.15, 0.2) is 0 Å². The molecule has 0 saturated carbocycles. The van der Waals surface area contributed by atoms with E-state index in [9.17, 15) is 4.79 Å². The Morgan fingerprint density at radius 3 is 1.62 bits per heavy atom. The third-order valence-electron chi connectivity index (χ3n) is 6.08. The summed E-state index contributed by atoms with van der Waals surface area (Å²) in [6.07, 6.45) is 8.16. The molecular weight excluding hydrogens is 463 g/mol. The third-order valence-corrected chi connectivity index (χ3v) is 21.3. The normalized spacial score (nSPS) is 11.4. The zero-order valence-corrected chi connectivity index (χ0v) is 22.8. The minimum absolute atomic E-state index is 0.222. The number of carbonyl (C=O) groups excluding carboxylic acids is 1. The molecule has 164 valence electrons. The Hall–Kier alpha value is -0.771. The standard InChI is InChI=1S/C14H17O2.3C4H9.Sn/c1-5-16-14(15)13-8-6-12(7-9-13)11(4)10(2)3;3*1-3-4-2;/h6-9H,4-5H2,1-3H3;3*1,3-4H2,2H3;. The van der Waals surface area contributed by atoms with Gasteiger partial charge in [0.05, 0.1) is 0 Å². The van der Waals surface area contributed by atoms with Crippen molar-refractivity contribution in [2.75, 3.05) is 6.61 Å². The molecular formula is C26H44O2Sn. The van der Waals surface area contributed by atoms with Gasteiger partial charge in [-0.25, -0.2) is 0 Å². The Bertz CT molecular complexity index is 605. The first-order valence-corrected chi connectivity index (χ1v) is 19.9. The molecule has 0 aliphatic rings. The van der Waals surface area contributed by atoms with Crippen LogP contribution in [0.1, 0.15) is 96.0 Å². The molecule has 0 spiro atoms. The Balaban J connectivity index is 3.18. The Kier molecular flexibility index (Phi) is 12.9. The van der Waals surface area contributed by atoms with Crippen LogP contribution in [0.5, 0.6) is 0 Å². The first-order chi connectivity index (χ1) is 13.9. The van der Waals surface area contributed by atoms with Crippen LogP contribution in [0.3, 0.4) is 0 Å². The van der Waals surface area contributed by atoms with Crippen molar-refractivity contribution in [1.82, 2.24) is 0 Å². The summed E-state index contributed by atoms with van der Waals surface area (Å²) < 4.78 is 11.1. The number of allylic oxidation sites excluding steroid dienone is 2. The van der Waals surface area contributed by atoms with E-state index in [4.69, 9.17) is 4.74 Å². The molecule has 0 radical (unpaired) electrons. The maximum absolute atomic E-state index is 12.0. The second kappa shape index (κ2) is 14.3. The number of carbonyl (C=O) groups is 1. The molecule has 1 aromatic carbocycles. The summed E-state index contributed by atoms with van der Waals surface area (Å²) in [6.45, 7) is 13.8. The molecule has 3 heteroatoms. The van der Waals surface area contributed by atoms with Crippen LogP contribution in [-0.4, -0.2) is 31.0 Å². The van der Waals surface area contributed by atoms with E-state index in [0.29, 0.717) is 12.2 Å². The Morgan fingerprint density at radius 1 is 0.793 bits per heavy atom. The molecule has 29 heavy (non-hydrogen) atoms. The summed E-state index contributed by atoms with van der Waals surface area (Å²) in [5, 5.41) is 0. The fourth-order valence-corrected chi connectivity index (χ4v) is 21.1. The molecule has 2 nitrogen and oxygen atoms in total. The molecule has 0 saturated heterocycles. The fourth-order valence-electron chi connectivity index (χ4n) is 4.26. The molecule has 0 fully saturated rings. The number of rotatable bonds is 14. The summed E-state index contributed by atoms with van der Waals surface area (Å²) in [5.74, 6) is -0.222. The molecule has 0 N–H and O–H groups in total. The van der Waals surface area contributed by atoms with Gasteiger partial charge in [-0.3, -0.25) is 0 Å². The van der Waals surface area contributed by atoms with E-state index >= 15 is 0 Å². The van der Waals surface area contributed by atoms with E-state index in [1.54, 1.807) is 5.57 Å². The molecule has 0 aliphatic carbocycles. The fraction of sp³-hybridized carbons (Fsp3) is 0.654. The summed E-state index contributed by atoms with van der Waals surface area (Å²) in [5.41, 5.74) is 4.96. The first-order valence-electron chi connectivity index (χ1n) is 11.9. The Labute approximate surface area is 184 Å².